The summed E-state index contributed by atoms with van der Waals surface area (Å²) >= 11 is 3.37. The molecule has 0 unspecified atom stereocenters. The maximum absolute atomic E-state index is 11.7. The summed E-state index contributed by atoms with van der Waals surface area (Å²) in [6.07, 6.45) is -0.712. The highest BCUT2D eigenvalue weighted by molar-refractivity contribution is 9.10. The lowest BCUT2D eigenvalue weighted by Gasteiger charge is -2.11. The van der Waals surface area contributed by atoms with Gasteiger partial charge in [0.1, 0.15) is 5.69 Å². The molecule has 0 bridgehead atoms. The molecule has 1 aromatic heterocycles. The van der Waals surface area contributed by atoms with Gasteiger partial charge in [-0.15, -0.1) is 5.10 Å². The lowest BCUT2D eigenvalue weighted by Crippen LogP contribution is -2.20. The summed E-state index contributed by atoms with van der Waals surface area (Å²) < 4.78 is 7.59. The van der Waals surface area contributed by atoms with Crippen LogP contribution < -0.4 is 5.32 Å². The van der Waals surface area contributed by atoms with Crippen molar-refractivity contribution in [1.82, 2.24) is 15.0 Å². The van der Waals surface area contributed by atoms with Crippen molar-refractivity contribution < 1.29 is 9.53 Å². The molecule has 0 aliphatic carbocycles. The first kappa shape index (κ1) is 14.5. The molecule has 0 saturated heterocycles. The van der Waals surface area contributed by atoms with E-state index in [0.29, 0.717) is 11.5 Å². The largest absolute Gasteiger partial charge is 0.447 e. The van der Waals surface area contributed by atoms with Crippen LogP contribution in [-0.2, 0) is 4.74 Å². The molecule has 0 spiro atoms. The summed E-state index contributed by atoms with van der Waals surface area (Å²) in [6, 6.07) is 7.53. The minimum Gasteiger partial charge on any atom is -0.447 e. The third kappa shape index (κ3) is 3.36. The molecule has 0 radical (unpaired) electrons. The first-order valence-corrected chi connectivity index (χ1v) is 6.92. The normalized spacial score (nSPS) is 10.7. The van der Waals surface area contributed by atoms with Crippen molar-refractivity contribution >= 4 is 27.8 Å². The van der Waals surface area contributed by atoms with Crippen molar-refractivity contribution in [2.45, 2.75) is 26.9 Å². The van der Waals surface area contributed by atoms with Crippen LogP contribution in [0.2, 0.25) is 0 Å². The van der Waals surface area contributed by atoms with E-state index >= 15 is 0 Å². The van der Waals surface area contributed by atoms with Gasteiger partial charge in [-0.3, -0.25) is 5.32 Å². The molecule has 7 heteroatoms. The molecule has 0 fully saturated rings. The van der Waals surface area contributed by atoms with Crippen molar-refractivity contribution in [1.29, 1.82) is 0 Å². The summed E-state index contributed by atoms with van der Waals surface area (Å²) in [5, 5.41) is 10.7. The van der Waals surface area contributed by atoms with Crippen LogP contribution in [0.15, 0.2) is 28.7 Å². The van der Waals surface area contributed by atoms with Crippen LogP contribution in [0.3, 0.4) is 0 Å². The summed E-state index contributed by atoms with van der Waals surface area (Å²) in [5.74, 6) is 0.498. The highest BCUT2D eigenvalue weighted by Gasteiger charge is 2.15. The Balaban J connectivity index is 2.27. The van der Waals surface area contributed by atoms with Crippen molar-refractivity contribution in [2.24, 2.45) is 0 Å². The van der Waals surface area contributed by atoms with Gasteiger partial charge < -0.3 is 4.74 Å². The molecule has 1 N–H and O–H groups in total. The Hall–Kier alpha value is -1.89. The molecule has 2 aromatic rings. The molecule has 2 rings (SSSR count). The molecule has 0 aliphatic heterocycles. The minimum atomic E-state index is -0.524. The number of anilines is 1. The molecular weight excluding hydrogens is 324 g/mol. The number of nitrogens with zero attached hydrogens (tertiary/aromatic N) is 3. The Morgan fingerprint density at radius 1 is 1.35 bits per heavy atom. The van der Waals surface area contributed by atoms with E-state index in [1.807, 2.05) is 24.3 Å². The van der Waals surface area contributed by atoms with Gasteiger partial charge in [0.05, 0.1) is 11.8 Å². The molecule has 6 nitrogen and oxygen atoms in total. The van der Waals surface area contributed by atoms with E-state index in [-0.39, 0.29) is 6.10 Å². The zero-order valence-electron chi connectivity index (χ0n) is 11.4. The van der Waals surface area contributed by atoms with E-state index in [1.165, 1.54) is 0 Å². The summed E-state index contributed by atoms with van der Waals surface area (Å²) in [6.45, 7) is 5.35. The topological polar surface area (TPSA) is 69.0 Å². The second kappa shape index (κ2) is 6.04. The van der Waals surface area contributed by atoms with Gasteiger partial charge in [-0.05, 0) is 45.0 Å². The number of halogens is 1. The number of ether oxygens (including phenoxy) is 1. The number of carbonyl (C=O) groups is 1. The molecule has 0 aliphatic rings. The van der Waals surface area contributed by atoms with E-state index in [9.17, 15) is 4.79 Å². The van der Waals surface area contributed by atoms with E-state index < -0.39 is 6.09 Å². The Labute approximate surface area is 125 Å². The third-order valence-corrected chi connectivity index (χ3v) is 3.00. The Morgan fingerprint density at radius 2 is 2.00 bits per heavy atom. The van der Waals surface area contributed by atoms with E-state index in [4.69, 9.17) is 4.74 Å². The molecule has 0 atom stereocenters. The van der Waals surface area contributed by atoms with Crippen LogP contribution in [0.25, 0.3) is 5.69 Å². The van der Waals surface area contributed by atoms with Gasteiger partial charge in [0, 0.05) is 4.47 Å². The highest BCUT2D eigenvalue weighted by Crippen LogP contribution is 2.19. The predicted molar refractivity (Wildman–Crippen MR) is 79.0 cm³/mol. The van der Waals surface area contributed by atoms with E-state index in [1.54, 1.807) is 25.5 Å². The third-order valence-electron chi connectivity index (χ3n) is 2.47. The minimum absolute atomic E-state index is 0.188. The summed E-state index contributed by atoms with van der Waals surface area (Å²) in [4.78, 5) is 11.7. The first-order valence-electron chi connectivity index (χ1n) is 6.13. The van der Waals surface area contributed by atoms with Crippen LogP contribution in [0, 0.1) is 6.92 Å². The molecule has 1 aromatic carbocycles. The molecular formula is C13H15BrN4O2. The molecule has 1 heterocycles. The smallest absolute Gasteiger partial charge is 0.413 e. The average molecular weight is 339 g/mol. The second-order valence-electron chi connectivity index (χ2n) is 4.49. The Kier molecular flexibility index (Phi) is 4.39. The number of aryl methyl sites for hydroxylation is 1. The summed E-state index contributed by atoms with van der Waals surface area (Å²) in [5.41, 5.74) is 1.42. The fourth-order valence-electron chi connectivity index (χ4n) is 1.60. The number of nitrogens with one attached hydrogen (secondary N) is 1. The lowest BCUT2D eigenvalue weighted by molar-refractivity contribution is 0.129. The number of benzene rings is 1. The Bertz CT molecular complexity index is 607. The number of carbonyl (C=O) groups excluding carboxylic acids is 1. The summed E-state index contributed by atoms with van der Waals surface area (Å²) in [7, 11) is 0. The quantitative estimate of drug-likeness (QED) is 0.932. The standard InChI is InChI=1S/C13H15BrN4O2/c1-8(2)20-13(19)15-12-9(3)16-17-18(12)11-6-4-10(14)5-7-11/h4-8H,1-3H3,(H,15,19). The zero-order valence-corrected chi connectivity index (χ0v) is 13.0. The predicted octanol–water partition coefficient (Wildman–Crippen LogP) is 3.30. The number of amides is 1. The second-order valence-corrected chi connectivity index (χ2v) is 5.41. The van der Waals surface area contributed by atoms with Crippen LogP contribution in [0.5, 0.6) is 0 Å². The zero-order chi connectivity index (χ0) is 14.7. The van der Waals surface area contributed by atoms with Crippen molar-refractivity contribution in [3.63, 3.8) is 0 Å². The lowest BCUT2D eigenvalue weighted by atomic mass is 10.3. The van der Waals surface area contributed by atoms with Crippen molar-refractivity contribution in [3.05, 3.63) is 34.4 Å². The monoisotopic (exact) mass is 338 g/mol. The van der Waals surface area contributed by atoms with E-state index in [2.05, 4.69) is 31.6 Å². The molecule has 20 heavy (non-hydrogen) atoms. The van der Waals surface area contributed by atoms with Crippen molar-refractivity contribution in [2.75, 3.05) is 5.32 Å². The van der Waals surface area contributed by atoms with Gasteiger partial charge in [0.15, 0.2) is 5.82 Å². The number of aromatic nitrogens is 3. The average Bonchev–Trinajstić information content (AvgIpc) is 2.71. The molecule has 106 valence electrons. The fourth-order valence-corrected chi connectivity index (χ4v) is 1.87. The molecule has 1 amide bonds. The number of hydrogen-bond acceptors (Lipinski definition) is 4. The van der Waals surface area contributed by atoms with Crippen LogP contribution in [0.1, 0.15) is 19.5 Å². The number of hydrogen-bond donors (Lipinski definition) is 1. The molecule has 0 saturated carbocycles. The van der Waals surface area contributed by atoms with Crippen LogP contribution in [-0.4, -0.2) is 27.2 Å². The van der Waals surface area contributed by atoms with Crippen LogP contribution in [0.4, 0.5) is 10.6 Å². The van der Waals surface area contributed by atoms with Gasteiger partial charge in [0.2, 0.25) is 0 Å². The van der Waals surface area contributed by atoms with Crippen molar-refractivity contribution in [3.8, 4) is 5.69 Å². The highest BCUT2D eigenvalue weighted by atomic mass is 79.9. The van der Waals surface area contributed by atoms with Gasteiger partial charge >= 0.3 is 6.09 Å². The van der Waals surface area contributed by atoms with Gasteiger partial charge in [-0.25, -0.2) is 4.79 Å². The van der Waals surface area contributed by atoms with Gasteiger partial charge in [-0.1, -0.05) is 21.1 Å². The van der Waals surface area contributed by atoms with Gasteiger partial charge in [-0.2, -0.15) is 4.68 Å². The van der Waals surface area contributed by atoms with E-state index in [0.717, 1.165) is 10.2 Å². The number of rotatable bonds is 3. The Morgan fingerprint density at radius 3 is 2.60 bits per heavy atom. The fraction of sp³-hybridized carbons (Fsp3) is 0.308. The maximum Gasteiger partial charge on any atom is 0.413 e. The first-order chi connectivity index (χ1) is 9.47. The SMILES string of the molecule is Cc1nnn(-c2ccc(Br)cc2)c1NC(=O)OC(C)C. The van der Waals surface area contributed by atoms with Crippen LogP contribution >= 0.6 is 15.9 Å². The van der Waals surface area contributed by atoms with Gasteiger partial charge in [0.25, 0.3) is 0 Å². The maximum atomic E-state index is 11.7.